The van der Waals surface area contributed by atoms with E-state index >= 15 is 0 Å². The van der Waals surface area contributed by atoms with Crippen molar-refractivity contribution >= 4 is 11.9 Å². The molecule has 1 aliphatic carbocycles. The Balaban J connectivity index is 1.38. The molecule has 3 aromatic heterocycles. The molecule has 0 aliphatic heterocycles. The second-order valence-corrected chi connectivity index (χ2v) is 8.84. The Kier molecular flexibility index (Phi) is 5.56. The van der Waals surface area contributed by atoms with Crippen LogP contribution in [-0.2, 0) is 11.3 Å². The molecule has 5 rings (SSSR count). The number of amides is 1. The molecule has 10 nitrogen and oxygen atoms in total. The van der Waals surface area contributed by atoms with E-state index in [0.29, 0.717) is 23.2 Å². The fourth-order valence-electron chi connectivity index (χ4n) is 4.02. The van der Waals surface area contributed by atoms with Crippen molar-refractivity contribution in [2.45, 2.75) is 32.2 Å². The largest absolute Gasteiger partial charge is 0.368 e. The first-order valence-corrected chi connectivity index (χ1v) is 11.1. The van der Waals surface area contributed by atoms with Crippen LogP contribution in [-0.4, -0.2) is 54.8 Å². The maximum Gasteiger partial charge on any atom is 0.261 e. The summed E-state index contributed by atoms with van der Waals surface area (Å²) in [5, 5.41) is 8.55. The lowest BCUT2D eigenvalue weighted by atomic mass is 9.92. The lowest BCUT2D eigenvalue weighted by Crippen LogP contribution is -2.26. The van der Waals surface area contributed by atoms with Crippen LogP contribution >= 0.6 is 0 Å². The van der Waals surface area contributed by atoms with Crippen molar-refractivity contribution in [1.82, 2.24) is 34.8 Å². The normalized spacial score (nSPS) is 14.2. The quantitative estimate of drug-likeness (QED) is 0.448. The lowest BCUT2D eigenvalue weighted by Gasteiger charge is -2.13. The number of carbonyl (C=O) groups excluding carboxylic acids is 1. The lowest BCUT2D eigenvalue weighted by molar-refractivity contribution is -0.129. The Bertz CT molecular complexity index is 1320. The van der Waals surface area contributed by atoms with E-state index in [1.807, 2.05) is 6.92 Å². The average Bonchev–Trinajstić information content (AvgIpc) is 3.33. The number of likely N-dealkylation sites (N-methyl/N-ethyl adjacent to an activating group) is 1. The molecule has 10 heteroatoms. The number of rotatable bonds is 7. The Morgan fingerprint density at radius 3 is 2.62 bits per heavy atom. The van der Waals surface area contributed by atoms with Crippen LogP contribution in [0.1, 0.15) is 35.8 Å². The van der Waals surface area contributed by atoms with Gasteiger partial charge in [0.2, 0.25) is 11.9 Å². The molecule has 174 valence electrons. The van der Waals surface area contributed by atoms with Gasteiger partial charge in [-0.2, -0.15) is 10.1 Å². The summed E-state index contributed by atoms with van der Waals surface area (Å²) in [5.41, 5.74) is 10.3. The van der Waals surface area contributed by atoms with Crippen LogP contribution < -0.4 is 5.73 Å². The number of aromatic nitrogens is 6. The highest BCUT2D eigenvalue weighted by atomic mass is 16.5. The molecule has 1 fully saturated rings. The van der Waals surface area contributed by atoms with E-state index in [-0.39, 0.29) is 24.3 Å². The van der Waals surface area contributed by atoms with Crippen molar-refractivity contribution in [1.29, 1.82) is 0 Å². The number of carbonyl (C=O) groups is 1. The third kappa shape index (κ3) is 4.39. The average molecular weight is 459 g/mol. The number of hydrogen-bond donors (Lipinski definition) is 1. The van der Waals surface area contributed by atoms with E-state index in [1.54, 1.807) is 37.4 Å². The second-order valence-electron chi connectivity index (χ2n) is 8.84. The van der Waals surface area contributed by atoms with Crippen LogP contribution in [0.25, 0.3) is 22.6 Å². The molecule has 4 aromatic rings. The number of anilines is 1. The van der Waals surface area contributed by atoms with Gasteiger partial charge in [-0.05, 0) is 36.8 Å². The van der Waals surface area contributed by atoms with Gasteiger partial charge < -0.3 is 15.2 Å². The van der Waals surface area contributed by atoms with Gasteiger partial charge in [-0.3, -0.25) is 9.48 Å². The molecule has 1 amide bonds. The molecule has 1 aliphatic rings. The van der Waals surface area contributed by atoms with Crippen LogP contribution in [0, 0.1) is 12.8 Å². The van der Waals surface area contributed by atoms with Crippen LogP contribution in [0.2, 0.25) is 0 Å². The molecule has 1 atom stereocenters. The highest BCUT2D eigenvalue weighted by Crippen LogP contribution is 2.46. The van der Waals surface area contributed by atoms with Crippen LogP contribution in [0.5, 0.6) is 0 Å². The Morgan fingerprint density at radius 2 is 1.94 bits per heavy atom. The molecule has 1 saturated carbocycles. The highest BCUT2D eigenvalue weighted by Gasteiger charge is 2.36. The van der Waals surface area contributed by atoms with Crippen molar-refractivity contribution in [3.8, 4) is 22.6 Å². The maximum atomic E-state index is 11.9. The Hall–Kier alpha value is -4.08. The summed E-state index contributed by atoms with van der Waals surface area (Å²) in [6.45, 7) is 2.08. The van der Waals surface area contributed by atoms with Gasteiger partial charge in [0, 0.05) is 32.1 Å². The van der Waals surface area contributed by atoms with Crippen LogP contribution in [0.4, 0.5) is 5.95 Å². The molecule has 0 spiro atoms. The summed E-state index contributed by atoms with van der Waals surface area (Å²) in [6, 6.07) is 8.35. The number of nitrogen functional groups attached to an aromatic ring is 1. The first kappa shape index (κ1) is 21.7. The monoisotopic (exact) mass is 458 g/mol. The topological polar surface area (TPSA) is 129 Å². The SMILES string of the molecule is Cc1nc(N)ncc1-c1ccc(C(c2noc(-c3cnn(CC(=O)N(C)C)c3)n2)C2CC2)cc1. The zero-order valence-electron chi connectivity index (χ0n) is 19.3. The van der Waals surface area contributed by atoms with Gasteiger partial charge in [-0.25, -0.2) is 9.97 Å². The van der Waals surface area contributed by atoms with E-state index in [9.17, 15) is 4.79 Å². The minimum atomic E-state index is -0.0427. The third-order valence-corrected chi connectivity index (χ3v) is 6.07. The number of hydrogen-bond acceptors (Lipinski definition) is 8. The van der Waals surface area contributed by atoms with E-state index in [1.165, 1.54) is 4.90 Å². The number of benzene rings is 1. The van der Waals surface area contributed by atoms with Gasteiger partial charge in [0.1, 0.15) is 6.54 Å². The predicted octanol–water partition coefficient (Wildman–Crippen LogP) is 2.91. The van der Waals surface area contributed by atoms with E-state index in [0.717, 1.165) is 35.2 Å². The zero-order valence-corrected chi connectivity index (χ0v) is 19.3. The molecule has 2 N–H and O–H groups in total. The van der Waals surface area contributed by atoms with Crippen molar-refractivity contribution in [3.05, 3.63) is 59.9 Å². The van der Waals surface area contributed by atoms with E-state index in [2.05, 4.69) is 44.5 Å². The molecule has 0 saturated heterocycles. The molecule has 3 heterocycles. The standard InChI is InChI=1S/C24H26N8O2/c1-14-19(11-26-24(25)28-14)15-4-6-16(7-5-15)21(17-8-9-17)22-29-23(34-30-22)18-10-27-32(12-18)13-20(33)31(2)3/h4-7,10-12,17,21H,8-9,13H2,1-3H3,(H2,25,26,28). The Labute approximate surface area is 196 Å². The first-order chi connectivity index (χ1) is 16.4. The summed E-state index contributed by atoms with van der Waals surface area (Å²) < 4.78 is 7.15. The summed E-state index contributed by atoms with van der Waals surface area (Å²) in [5.74, 6) is 1.83. The van der Waals surface area contributed by atoms with Gasteiger partial charge in [0.25, 0.3) is 5.89 Å². The van der Waals surface area contributed by atoms with Gasteiger partial charge in [0.15, 0.2) is 5.82 Å². The molecule has 0 bridgehead atoms. The highest BCUT2D eigenvalue weighted by molar-refractivity contribution is 5.75. The zero-order chi connectivity index (χ0) is 23.8. The molecule has 0 radical (unpaired) electrons. The van der Waals surface area contributed by atoms with Crippen LogP contribution in [0.15, 0.2) is 47.4 Å². The van der Waals surface area contributed by atoms with Crippen molar-refractivity contribution < 1.29 is 9.32 Å². The van der Waals surface area contributed by atoms with Gasteiger partial charge in [0.05, 0.1) is 23.4 Å². The minimum Gasteiger partial charge on any atom is -0.368 e. The fourth-order valence-corrected chi connectivity index (χ4v) is 4.02. The molecule has 1 unspecified atom stereocenters. The smallest absolute Gasteiger partial charge is 0.261 e. The number of aryl methyl sites for hydroxylation is 1. The van der Waals surface area contributed by atoms with Gasteiger partial charge >= 0.3 is 0 Å². The Morgan fingerprint density at radius 1 is 1.18 bits per heavy atom. The maximum absolute atomic E-state index is 11.9. The first-order valence-electron chi connectivity index (χ1n) is 11.1. The summed E-state index contributed by atoms with van der Waals surface area (Å²) in [7, 11) is 3.43. The summed E-state index contributed by atoms with van der Waals surface area (Å²) in [6.07, 6.45) is 7.40. The molecular weight excluding hydrogens is 432 g/mol. The third-order valence-electron chi connectivity index (χ3n) is 6.07. The van der Waals surface area contributed by atoms with E-state index in [4.69, 9.17) is 15.2 Å². The van der Waals surface area contributed by atoms with Crippen molar-refractivity contribution in [2.75, 3.05) is 19.8 Å². The fraction of sp³-hybridized carbons (Fsp3) is 0.333. The minimum absolute atomic E-state index is 0.0427. The second kappa shape index (κ2) is 8.69. The number of nitrogens with two attached hydrogens (primary N) is 1. The summed E-state index contributed by atoms with van der Waals surface area (Å²) in [4.78, 5) is 26.5. The van der Waals surface area contributed by atoms with Crippen molar-refractivity contribution in [2.24, 2.45) is 5.92 Å². The van der Waals surface area contributed by atoms with Gasteiger partial charge in [-0.15, -0.1) is 0 Å². The van der Waals surface area contributed by atoms with Crippen molar-refractivity contribution in [3.63, 3.8) is 0 Å². The predicted molar refractivity (Wildman–Crippen MR) is 125 cm³/mol. The molecule has 34 heavy (non-hydrogen) atoms. The van der Waals surface area contributed by atoms with Crippen LogP contribution in [0.3, 0.4) is 0 Å². The van der Waals surface area contributed by atoms with E-state index < -0.39 is 0 Å². The molecule has 1 aromatic carbocycles. The van der Waals surface area contributed by atoms with Gasteiger partial charge in [-0.1, -0.05) is 29.4 Å². The molecular formula is C24H26N8O2. The summed E-state index contributed by atoms with van der Waals surface area (Å²) >= 11 is 0. The number of nitrogens with zero attached hydrogens (tertiary/aromatic N) is 7.